The van der Waals surface area contributed by atoms with Gasteiger partial charge in [-0.25, -0.2) is 9.67 Å². The van der Waals surface area contributed by atoms with Gasteiger partial charge in [-0.05, 0) is 24.9 Å². The van der Waals surface area contributed by atoms with E-state index in [1.807, 2.05) is 6.20 Å². The van der Waals surface area contributed by atoms with Crippen molar-refractivity contribution in [3.63, 3.8) is 0 Å². The molecule has 1 fully saturated rings. The maximum absolute atomic E-state index is 11.2. The number of aromatic nitrogens is 5. The molecular weight excluding hydrogens is 306 g/mol. The van der Waals surface area contributed by atoms with Gasteiger partial charge in [-0.15, -0.1) is 5.10 Å². The summed E-state index contributed by atoms with van der Waals surface area (Å²) in [5.41, 5.74) is 7.56. The minimum Gasteiger partial charge on any atom is -0.363 e. The highest BCUT2D eigenvalue weighted by Gasteiger charge is 2.23. The molecule has 2 aromatic heterocycles. The van der Waals surface area contributed by atoms with Gasteiger partial charge in [-0.2, -0.15) is 5.10 Å². The first-order chi connectivity index (χ1) is 11.7. The standard InChI is InChI=1S/C16H19N7O/c17-15(24)16-18-10-23(21-16)13-5-2-6-22(9-13)8-12-4-1-3-11-7-19-20-14(11)12/h1,3-4,7,10,13H,2,5-6,8-9H2,(H2,17,24)(H,19,20)/t13-/m1/s1. The number of rotatable bonds is 4. The molecule has 0 radical (unpaired) electrons. The predicted octanol–water partition coefficient (Wildman–Crippen LogP) is 1.09. The van der Waals surface area contributed by atoms with Crippen LogP contribution < -0.4 is 5.73 Å². The monoisotopic (exact) mass is 325 g/mol. The van der Waals surface area contributed by atoms with Crippen LogP contribution in [-0.2, 0) is 6.54 Å². The van der Waals surface area contributed by atoms with Crippen LogP contribution >= 0.6 is 0 Å². The molecular formula is C16H19N7O. The summed E-state index contributed by atoms with van der Waals surface area (Å²) in [4.78, 5) is 17.5. The Balaban J connectivity index is 1.50. The van der Waals surface area contributed by atoms with E-state index in [1.54, 1.807) is 11.0 Å². The van der Waals surface area contributed by atoms with Crippen LogP contribution in [0.15, 0.2) is 30.7 Å². The van der Waals surface area contributed by atoms with Crippen molar-refractivity contribution in [3.8, 4) is 0 Å². The number of para-hydroxylation sites is 1. The van der Waals surface area contributed by atoms with Crippen molar-refractivity contribution in [2.24, 2.45) is 5.73 Å². The van der Waals surface area contributed by atoms with Crippen LogP contribution in [0.4, 0.5) is 0 Å². The molecule has 24 heavy (non-hydrogen) atoms. The molecule has 1 aromatic carbocycles. The maximum atomic E-state index is 11.2. The van der Waals surface area contributed by atoms with Crippen LogP contribution in [-0.4, -0.2) is 48.9 Å². The second kappa shape index (κ2) is 6.04. The van der Waals surface area contributed by atoms with Crippen molar-refractivity contribution in [1.82, 2.24) is 29.9 Å². The van der Waals surface area contributed by atoms with Gasteiger partial charge in [-0.3, -0.25) is 14.8 Å². The molecule has 0 saturated carbocycles. The molecule has 0 spiro atoms. The SMILES string of the molecule is NC(=O)c1ncn([C@@H]2CCCN(Cc3cccc4cn[nH]c34)C2)n1. The normalized spacial score (nSPS) is 18.9. The molecule has 1 saturated heterocycles. The summed E-state index contributed by atoms with van der Waals surface area (Å²) in [5, 5.41) is 12.5. The van der Waals surface area contributed by atoms with Gasteiger partial charge in [0, 0.05) is 18.5 Å². The molecule has 1 aliphatic rings. The number of H-pyrrole nitrogens is 1. The molecule has 1 aliphatic heterocycles. The van der Waals surface area contributed by atoms with Crippen molar-refractivity contribution >= 4 is 16.8 Å². The highest BCUT2D eigenvalue weighted by Crippen LogP contribution is 2.24. The number of piperidine rings is 1. The number of fused-ring (bicyclic) bond motifs is 1. The van der Waals surface area contributed by atoms with Crippen LogP contribution in [0, 0.1) is 0 Å². The van der Waals surface area contributed by atoms with Gasteiger partial charge in [0.2, 0.25) is 5.82 Å². The fourth-order valence-corrected chi connectivity index (χ4v) is 3.36. The van der Waals surface area contributed by atoms with E-state index in [4.69, 9.17) is 5.73 Å². The Morgan fingerprint density at radius 1 is 1.42 bits per heavy atom. The number of nitrogens with zero attached hydrogens (tertiary/aromatic N) is 5. The van der Waals surface area contributed by atoms with Crippen LogP contribution in [0.3, 0.4) is 0 Å². The topological polar surface area (TPSA) is 106 Å². The van der Waals surface area contributed by atoms with E-state index >= 15 is 0 Å². The number of aromatic amines is 1. The van der Waals surface area contributed by atoms with Gasteiger partial charge in [-0.1, -0.05) is 18.2 Å². The lowest BCUT2D eigenvalue weighted by Gasteiger charge is -2.32. The maximum Gasteiger partial charge on any atom is 0.288 e. The van der Waals surface area contributed by atoms with Crippen LogP contribution in [0.1, 0.15) is 35.1 Å². The highest BCUT2D eigenvalue weighted by molar-refractivity contribution is 5.88. The number of carbonyl (C=O) groups excluding carboxylic acids is 1. The number of benzene rings is 1. The summed E-state index contributed by atoms with van der Waals surface area (Å²) in [6.45, 7) is 2.76. The van der Waals surface area contributed by atoms with Gasteiger partial charge in [0.1, 0.15) is 6.33 Å². The second-order valence-corrected chi connectivity index (χ2v) is 6.19. The van der Waals surface area contributed by atoms with Gasteiger partial charge in [0.05, 0.1) is 17.8 Å². The van der Waals surface area contributed by atoms with Gasteiger partial charge in [0.25, 0.3) is 5.91 Å². The van der Waals surface area contributed by atoms with Gasteiger partial charge >= 0.3 is 0 Å². The lowest BCUT2D eigenvalue weighted by molar-refractivity contribution is 0.0989. The minimum absolute atomic E-state index is 0.0781. The van der Waals surface area contributed by atoms with Gasteiger partial charge in [0.15, 0.2) is 0 Å². The lowest BCUT2D eigenvalue weighted by Crippen LogP contribution is -2.36. The Hall–Kier alpha value is -2.74. The van der Waals surface area contributed by atoms with E-state index < -0.39 is 5.91 Å². The summed E-state index contributed by atoms with van der Waals surface area (Å²) in [6.07, 6.45) is 5.55. The molecule has 1 atom stereocenters. The first-order valence-corrected chi connectivity index (χ1v) is 8.05. The number of amides is 1. The van der Waals surface area contributed by atoms with Crippen molar-refractivity contribution in [2.75, 3.05) is 13.1 Å². The number of hydrogen-bond donors (Lipinski definition) is 2. The molecule has 3 aromatic rings. The Kier molecular flexibility index (Phi) is 3.73. The van der Waals surface area contributed by atoms with E-state index in [0.717, 1.165) is 43.4 Å². The zero-order chi connectivity index (χ0) is 16.5. The van der Waals surface area contributed by atoms with E-state index in [-0.39, 0.29) is 11.9 Å². The first kappa shape index (κ1) is 14.8. The Labute approximate surface area is 138 Å². The first-order valence-electron chi connectivity index (χ1n) is 8.05. The molecule has 3 heterocycles. The largest absolute Gasteiger partial charge is 0.363 e. The molecule has 1 amide bonds. The van der Waals surface area contributed by atoms with E-state index in [0.29, 0.717) is 0 Å². The smallest absolute Gasteiger partial charge is 0.288 e. The predicted molar refractivity (Wildman–Crippen MR) is 88.2 cm³/mol. The molecule has 3 N–H and O–H groups in total. The van der Waals surface area contributed by atoms with E-state index in [9.17, 15) is 4.79 Å². The number of likely N-dealkylation sites (tertiary alicyclic amines) is 1. The van der Waals surface area contributed by atoms with Crippen LogP contribution in [0.5, 0.6) is 0 Å². The molecule has 124 valence electrons. The molecule has 8 heteroatoms. The second-order valence-electron chi connectivity index (χ2n) is 6.19. The molecule has 0 unspecified atom stereocenters. The third-order valence-electron chi connectivity index (χ3n) is 4.54. The summed E-state index contributed by atoms with van der Waals surface area (Å²) in [7, 11) is 0. The quantitative estimate of drug-likeness (QED) is 0.747. The molecule has 8 nitrogen and oxygen atoms in total. The van der Waals surface area contributed by atoms with Crippen LogP contribution in [0.25, 0.3) is 10.9 Å². The van der Waals surface area contributed by atoms with Crippen LogP contribution in [0.2, 0.25) is 0 Å². The summed E-state index contributed by atoms with van der Waals surface area (Å²) in [5.74, 6) is -0.512. The van der Waals surface area contributed by atoms with Crippen molar-refractivity contribution in [1.29, 1.82) is 0 Å². The third-order valence-corrected chi connectivity index (χ3v) is 4.54. The number of nitrogens with one attached hydrogen (secondary N) is 1. The zero-order valence-electron chi connectivity index (χ0n) is 13.2. The summed E-state index contributed by atoms with van der Waals surface area (Å²) in [6, 6.07) is 6.46. The van der Waals surface area contributed by atoms with E-state index in [2.05, 4.69) is 43.4 Å². The van der Waals surface area contributed by atoms with Crippen molar-refractivity contribution < 1.29 is 4.79 Å². The lowest BCUT2D eigenvalue weighted by atomic mass is 10.0. The minimum atomic E-state index is -0.590. The van der Waals surface area contributed by atoms with Crippen molar-refractivity contribution in [2.45, 2.75) is 25.4 Å². The average Bonchev–Trinajstić information content (AvgIpc) is 3.25. The summed E-state index contributed by atoms with van der Waals surface area (Å²) < 4.78 is 1.77. The fourth-order valence-electron chi connectivity index (χ4n) is 3.36. The van der Waals surface area contributed by atoms with Crippen molar-refractivity contribution in [3.05, 3.63) is 42.1 Å². The van der Waals surface area contributed by atoms with E-state index in [1.165, 1.54) is 5.56 Å². The number of carbonyl (C=O) groups is 1. The molecule has 0 bridgehead atoms. The third kappa shape index (κ3) is 2.76. The summed E-state index contributed by atoms with van der Waals surface area (Å²) >= 11 is 0. The zero-order valence-corrected chi connectivity index (χ0v) is 13.2. The molecule has 0 aliphatic carbocycles. The Morgan fingerprint density at radius 3 is 3.17 bits per heavy atom. The molecule has 4 rings (SSSR count). The number of nitrogens with two attached hydrogens (primary N) is 1. The Bertz CT molecular complexity index is 868. The number of primary amides is 1. The Morgan fingerprint density at radius 2 is 2.33 bits per heavy atom. The van der Waals surface area contributed by atoms with Gasteiger partial charge < -0.3 is 5.73 Å². The highest BCUT2D eigenvalue weighted by atomic mass is 16.1. The fraction of sp³-hybridized carbons (Fsp3) is 0.375. The average molecular weight is 325 g/mol. The number of hydrogen-bond acceptors (Lipinski definition) is 5.